The minimum Gasteiger partial charge on any atom is -0.381 e. The first kappa shape index (κ1) is 11.3. The molecule has 0 atom stereocenters. The van der Waals surface area contributed by atoms with Crippen LogP contribution in [0.4, 0.5) is 0 Å². The SMILES string of the molecule is CN1CCN(C2CCN(CO)CC2)CC1. The molecule has 88 valence electrons. The van der Waals surface area contributed by atoms with Crippen LogP contribution in [0, 0.1) is 0 Å². The fraction of sp³-hybridized carbons (Fsp3) is 1.00. The maximum absolute atomic E-state index is 9.03. The van der Waals surface area contributed by atoms with E-state index in [1.54, 1.807) is 0 Å². The Morgan fingerprint density at radius 3 is 2.13 bits per heavy atom. The molecule has 2 aliphatic heterocycles. The van der Waals surface area contributed by atoms with E-state index in [0.717, 1.165) is 19.1 Å². The Balaban J connectivity index is 1.75. The molecular weight excluding hydrogens is 190 g/mol. The Morgan fingerprint density at radius 1 is 1.00 bits per heavy atom. The number of aliphatic hydroxyl groups is 1. The van der Waals surface area contributed by atoms with Gasteiger partial charge in [0.15, 0.2) is 0 Å². The topological polar surface area (TPSA) is 30.0 Å². The Morgan fingerprint density at radius 2 is 1.60 bits per heavy atom. The maximum atomic E-state index is 9.03. The lowest BCUT2D eigenvalue weighted by atomic mass is 10.0. The van der Waals surface area contributed by atoms with Gasteiger partial charge in [-0.05, 0) is 19.9 Å². The van der Waals surface area contributed by atoms with Gasteiger partial charge in [0.2, 0.25) is 0 Å². The van der Waals surface area contributed by atoms with Crippen molar-refractivity contribution in [2.45, 2.75) is 18.9 Å². The Labute approximate surface area is 92.5 Å². The lowest BCUT2D eigenvalue weighted by Crippen LogP contribution is -2.52. The first-order valence-electron chi connectivity index (χ1n) is 6.05. The molecule has 0 saturated carbocycles. The van der Waals surface area contributed by atoms with Gasteiger partial charge in [-0.3, -0.25) is 9.80 Å². The molecule has 2 saturated heterocycles. The normalized spacial score (nSPS) is 28.4. The summed E-state index contributed by atoms with van der Waals surface area (Å²) in [5.41, 5.74) is 0. The van der Waals surface area contributed by atoms with Crippen molar-refractivity contribution in [3.05, 3.63) is 0 Å². The van der Waals surface area contributed by atoms with E-state index in [4.69, 9.17) is 5.11 Å². The molecule has 0 aromatic rings. The van der Waals surface area contributed by atoms with Crippen molar-refractivity contribution in [1.29, 1.82) is 0 Å². The summed E-state index contributed by atoms with van der Waals surface area (Å²) in [4.78, 5) is 7.17. The first-order valence-corrected chi connectivity index (χ1v) is 6.05. The van der Waals surface area contributed by atoms with Gasteiger partial charge in [0.1, 0.15) is 0 Å². The molecule has 2 rings (SSSR count). The molecule has 2 fully saturated rings. The lowest BCUT2D eigenvalue weighted by Gasteiger charge is -2.41. The molecule has 0 spiro atoms. The molecule has 2 aliphatic rings. The van der Waals surface area contributed by atoms with Crippen LogP contribution in [0.25, 0.3) is 0 Å². The van der Waals surface area contributed by atoms with Crippen molar-refractivity contribution in [3.63, 3.8) is 0 Å². The summed E-state index contributed by atoms with van der Waals surface area (Å²) in [7, 11) is 2.20. The quantitative estimate of drug-likeness (QED) is 0.679. The molecule has 1 N–H and O–H groups in total. The highest BCUT2D eigenvalue weighted by Gasteiger charge is 2.25. The van der Waals surface area contributed by atoms with Crippen LogP contribution < -0.4 is 0 Å². The Bertz CT molecular complexity index is 184. The van der Waals surface area contributed by atoms with Crippen molar-refractivity contribution < 1.29 is 5.11 Å². The zero-order valence-electron chi connectivity index (χ0n) is 9.73. The van der Waals surface area contributed by atoms with Crippen molar-refractivity contribution in [1.82, 2.24) is 14.7 Å². The van der Waals surface area contributed by atoms with Crippen molar-refractivity contribution in [2.24, 2.45) is 0 Å². The minimum absolute atomic E-state index is 0.232. The van der Waals surface area contributed by atoms with Crippen LogP contribution in [0.5, 0.6) is 0 Å². The van der Waals surface area contributed by atoms with Gasteiger partial charge < -0.3 is 10.0 Å². The number of aliphatic hydroxyl groups excluding tert-OH is 1. The third kappa shape index (κ3) is 2.91. The largest absolute Gasteiger partial charge is 0.381 e. The van der Waals surface area contributed by atoms with Crippen molar-refractivity contribution in [3.8, 4) is 0 Å². The third-order valence-electron chi connectivity index (χ3n) is 3.81. The minimum atomic E-state index is 0.232. The van der Waals surface area contributed by atoms with Gasteiger partial charge in [-0.1, -0.05) is 0 Å². The Kier molecular flexibility index (Phi) is 3.97. The molecule has 0 aromatic carbocycles. The number of hydrogen-bond donors (Lipinski definition) is 1. The number of nitrogens with zero attached hydrogens (tertiary/aromatic N) is 3. The summed E-state index contributed by atoms with van der Waals surface area (Å²) in [6, 6.07) is 0.765. The van der Waals surface area contributed by atoms with Gasteiger partial charge in [-0.15, -0.1) is 0 Å². The smallest absolute Gasteiger partial charge is 0.0956 e. The van der Waals surface area contributed by atoms with Crippen LogP contribution >= 0.6 is 0 Å². The van der Waals surface area contributed by atoms with Crippen molar-refractivity contribution >= 4 is 0 Å². The second-order valence-electron chi connectivity index (χ2n) is 4.83. The molecule has 4 nitrogen and oxygen atoms in total. The van der Waals surface area contributed by atoms with Crippen LogP contribution in [0.15, 0.2) is 0 Å². The zero-order valence-corrected chi connectivity index (χ0v) is 9.73. The van der Waals surface area contributed by atoms with E-state index in [1.807, 2.05) is 0 Å². The second kappa shape index (κ2) is 5.25. The van der Waals surface area contributed by atoms with E-state index in [2.05, 4.69) is 21.7 Å². The number of likely N-dealkylation sites (N-methyl/N-ethyl adjacent to an activating group) is 1. The van der Waals surface area contributed by atoms with E-state index >= 15 is 0 Å². The molecule has 15 heavy (non-hydrogen) atoms. The fourth-order valence-electron chi connectivity index (χ4n) is 2.61. The van der Waals surface area contributed by atoms with Crippen LogP contribution in [-0.4, -0.2) is 78.9 Å². The van der Waals surface area contributed by atoms with Gasteiger partial charge in [-0.2, -0.15) is 0 Å². The summed E-state index contributed by atoms with van der Waals surface area (Å²) in [5.74, 6) is 0. The van der Waals surface area contributed by atoms with Gasteiger partial charge in [0.05, 0.1) is 6.73 Å². The molecule has 0 bridgehead atoms. The van der Waals surface area contributed by atoms with Gasteiger partial charge in [-0.25, -0.2) is 0 Å². The van der Waals surface area contributed by atoms with Gasteiger partial charge >= 0.3 is 0 Å². The summed E-state index contributed by atoms with van der Waals surface area (Å²) >= 11 is 0. The fourth-order valence-corrected chi connectivity index (χ4v) is 2.61. The number of piperidine rings is 1. The maximum Gasteiger partial charge on any atom is 0.0956 e. The highest BCUT2D eigenvalue weighted by atomic mass is 16.3. The van der Waals surface area contributed by atoms with E-state index in [-0.39, 0.29) is 6.73 Å². The lowest BCUT2D eigenvalue weighted by molar-refractivity contribution is 0.0343. The molecule has 0 aromatic heterocycles. The summed E-state index contributed by atoms with van der Waals surface area (Å²) in [6.45, 7) is 7.22. The highest BCUT2D eigenvalue weighted by molar-refractivity contribution is 4.82. The predicted octanol–water partition coefficient (Wildman–Crippen LogP) is -0.352. The Hall–Kier alpha value is -0.160. The molecule has 0 radical (unpaired) electrons. The van der Waals surface area contributed by atoms with Crippen LogP contribution in [-0.2, 0) is 0 Å². The van der Waals surface area contributed by atoms with Crippen LogP contribution in [0.2, 0.25) is 0 Å². The molecule has 2 heterocycles. The van der Waals surface area contributed by atoms with Crippen LogP contribution in [0.3, 0.4) is 0 Å². The average molecular weight is 213 g/mol. The molecule has 0 unspecified atom stereocenters. The summed E-state index contributed by atoms with van der Waals surface area (Å²) in [6.07, 6.45) is 2.45. The van der Waals surface area contributed by atoms with Gasteiger partial charge in [0, 0.05) is 45.3 Å². The van der Waals surface area contributed by atoms with E-state index < -0.39 is 0 Å². The average Bonchev–Trinajstić information content (AvgIpc) is 2.30. The first-order chi connectivity index (χ1) is 7.29. The van der Waals surface area contributed by atoms with Crippen LogP contribution in [0.1, 0.15) is 12.8 Å². The third-order valence-corrected chi connectivity index (χ3v) is 3.81. The molecule has 0 aliphatic carbocycles. The second-order valence-corrected chi connectivity index (χ2v) is 4.83. The highest BCUT2D eigenvalue weighted by Crippen LogP contribution is 2.17. The monoisotopic (exact) mass is 213 g/mol. The predicted molar refractivity (Wildman–Crippen MR) is 60.8 cm³/mol. The van der Waals surface area contributed by atoms with E-state index in [0.29, 0.717) is 0 Å². The van der Waals surface area contributed by atoms with E-state index in [9.17, 15) is 0 Å². The standard InChI is InChI=1S/C11H23N3O/c1-12-6-8-14(9-7-12)11-2-4-13(10-15)5-3-11/h11,15H,2-10H2,1H3. The van der Waals surface area contributed by atoms with E-state index in [1.165, 1.54) is 39.0 Å². The number of hydrogen-bond acceptors (Lipinski definition) is 4. The molecule has 0 amide bonds. The molecule has 4 heteroatoms. The summed E-state index contributed by atoms with van der Waals surface area (Å²) < 4.78 is 0. The number of piperazine rings is 1. The number of rotatable bonds is 2. The summed E-state index contributed by atoms with van der Waals surface area (Å²) in [5, 5.41) is 9.03. The van der Waals surface area contributed by atoms with Gasteiger partial charge in [0.25, 0.3) is 0 Å². The number of likely N-dealkylation sites (tertiary alicyclic amines) is 1. The zero-order chi connectivity index (χ0) is 10.7. The van der Waals surface area contributed by atoms with Crippen molar-refractivity contribution in [2.75, 3.05) is 53.0 Å². The molecular formula is C11H23N3O.